The molecule has 3 nitrogen and oxygen atoms in total. The number of anilines is 1. The van der Waals surface area contributed by atoms with Crippen LogP contribution in [0.4, 0.5) is 23.2 Å². The summed E-state index contributed by atoms with van der Waals surface area (Å²) in [5, 5.41) is 11.0. The molecule has 2 aromatic carbocycles. The number of hydrogen-bond donors (Lipinski definition) is 1. The fourth-order valence-corrected chi connectivity index (χ4v) is 4.25. The van der Waals surface area contributed by atoms with Crippen molar-refractivity contribution in [1.29, 1.82) is 0 Å². The van der Waals surface area contributed by atoms with E-state index in [2.05, 4.69) is 0 Å². The van der Waals surface area contributed by atoms with E-state index in [4.69, 9.17) is 4.74 Å². The maximum atomic E-state index is 14.2. The Balaban J connectivity index is 1.97. The zero-order valence-electron chi connectivity index (χ0n) is 18.1. The average Bonchev–Trinajstić information content (AvgIpc) is 2.66. The first-order valence-electron chi connectivity index (χ1n) is 10.0. The molecule has 2 aromatic rings. The van der Waals surface area contributed by atoms with E-state index in [1.54, 1.807) is 26.0 Å². The monoisotopic (exact) mass is 437 g/mol. The number of β-amino-alcohol motifs (C(OH)–C–C–N with tert-alkyl or cyclic N) is 1. The fraction of sp³-hybridized carbons (Fsp3) is 0.417. The number of aliphatic hydroxyl groups is 1. The molecular formula is C24H27F4NO2. The van der Waals surface area contributed by atoms with Crippen LogP contribution in [0, 0.1) is 12.7 Å². The second-order valence-corrected chi connectivity index (χ2v) is 8.78. The molecule has 0 aliphatic carbocycles. The van der Waals surface area contributed by atoms with Crippen LogP contribution in [0.5, 0.6) is 5.75 Å². The molecule has 0 amide bonds. The van der Waals surface area contributed by atoms with Gasteiger partial charge in [0.15, 0.2) is 5.60 Å². The maximum absolute atomic E-state index is 14.2. The molecule has 31 heavy (non-hydrogen) atoms. The summed E-state index contributed by atoms with van der Waals surface area (Å²) >= 11 is 0. The van der Waals surface area contributed by atoms with Crippen LogP contribution in [0.15, 0.2) is 42.5 Å². The normalized spacial score (nSPS) is 16.1. The van der Waals surface area contributed by atoms with Crippen LogP contribution in [0.25, 0.3) is 6.08 Å². The first-order valence-corrected chi connectivity index (χ1v) is 10.0. The highest BCUT2D eigenvalue weighted by Crippen LogP contribution is 2.45. The third-order valence-corrected chi connectivity index (χ3v) is 5.75. The van der Waals surface area contributed by atoms with E-state index in [1.807, 2.05) is 25.1 Å². The first kappa shape index (κ1) is 23.1. The quantitative estimate of drug-likeness (QED) is 0.594. The van der Waals surface area contributed by atoms with Crippen LogP contribution in [0.2, 0.25) is 0 Å². The molecule has 0 bridgehead atoms. The van der Waals surface area contributed by atoms with E-state index < -0.39 is 36.0 Å². The van der Waals surface area contributed by atoms with Gasteiger partial charge in [-0.15, -0.1) is 0 Å². The van der Waals surface area contributed by atoms with Crippen molar-refractivity contribution in [3.63, 3.8) is 0 Å². The molecule has 3 rings (SSSR count). The molecule has 1 N–H and O–H groups in total. The molecule has 0 saturated heterocycles. The van der Waals surface area contributed by atoms with Crippen molar-refractivity contribution in [1.82, 2.24) is 0 Å². The number of hydrogen-bond acceptors (Lipinski definition) is 3. The number of nitrogens with zero attached hydrogens (tertiary/aromatic N) is 1. The minimum Gasteiger partial charge on any atom is -0.496 e. The largest absolute Gasteiger partial charge is 0.496 e. The van der Waals surface area contributed by atoms with E-state index in [9.17, 15) is 22.7 Å². The Bertz CT molecular complexity index is 984. The number of methoxy groups -OCH3 is 1. The van der Waals surface area contributed by atoms with Gasteiger partial charge in [0.1, 0.15) is 11.6 Å². The highest BCUT2D eigenvalue weighted by Gasteiger charge is 2.57. The molecule has 0 spiro atoms. The number of aryl methyl sites for hydroxylation is 1. The van der Waals surface area contributed by atoms with E-state index >= 15 is 0 Å². The third kappa shape index (κ3) is 4.71. The summed E-state index contributed by atoms with van der Waals surface area (Å²) in [6, 6.07) is 9.23. The lowest BCUT2D eigenvalue weighted by Gasteiger charge is -2.42. The van der Waals surface area contributed by atoms with Crippen molar-refractivity contribution < 1.29 is 27.4 Å². The summed E-state index contributed by atoms with van der Waals surface area (Å²) in [7, 11) is 1.38. The van der Waals surface area contributed by atoms with Crippen LogP contribution >= 0.6 is 0 Å². The van der Waals surface area contributed by atoms with E-state index in [1.165, 1.54) is 24.1 Å². The van der Waals surface area contributed by atoms with E-state index in [0.29, 0.717) is 5.69 Å². The Morgan fingerprint density at radius 3 is 2.45 bits per heavy atom. The van der Waals surface area contributed by atoms with Gasteiger partial charge in [-0.05, 0) is 54.7 Å². The van der Waals surface area contributed by atoms with E-state index in [0.717, 1.165) is 17.2 Å². The van der Waals surface area contributed by atoms with Crippen molar-refractivity contribution in [2.45, 2.75) is 44.4 Å². The molecule has 0 radical (unpaired) electrons. The number of benzene rings is 2. The van der Waals surface area contributed by atoms with Gasteiger partial charge in [0, 0.05) is 17.8 Å². The Labute approximate surface area is 180 Å². The lowest BCUT2D eigenvalue weighted by molar-refractivity contribution is -0.262. The van der Waals surface area contributed by atoms with Crippen LogP contribution in [0.3, 0.4) is 0 Å². The van der Waals surface area contributed by atoms with Gasteiger partial charge in [0.25, 0.3) is 0 Å². The second-order valence-electron chi connectivity index (χ2n) is 8.78. The molecule has 1 atom stereocenters. The predicted octanol–water partition coefficient (Wildman–Crippen LogP) is 5.64. The summed E-state index contributed by atoms with van der Waals surface area (Å²) in [5.74, 6) is -0.303. The number of ether oxygens (including phenoxy) is 1. The summed E-state index contributed by atoms with van der Waals surface area (Å²) in [6.45, 7) is 4.62. The van der Waals surface area contributed by atoms with Crippen molar-refractivity contribution in [3.8, 4) is 5.75 Å². The van der Waals surface area contributed by atoms with Gasteiger partial charge >= 0.3 is 6.18 Å². The maximum Gasteiger partial charge on any atom is 0.418 e. The van der Waals surface area contributed by atoms with Crippen molar-refractivity contribution in [2.24, 2.45) is 0 Å². The molecule has 1 unspecified atom stereocenters. The molecule has 1 aliphatic rings. The number of alkyl halides is 3. The second kappa shape index (κ2) is 8.19. The molecule has 7 heteroatoms. The van der Waals surface area contributed by atoms with E-state index in [-0.39, 0.29) is 17.9 Å². The third-order valence-electron chi connectivity index (χ3n) is 5.75. The standard InChI is InChI=1S/C24H27F4NO2/c1-16-7-9-20-17(12-16)6-5-11-29(20)15-23(30,24(26,27)28)14-22(2,3)19-13-18(25)8-10-21(19)31-4/h5-10,12-13,30H,11,14-15H2,1-4H3. The summed E-state index contributed by atoms with van der Waals surface area (Å²) in [4.78, 5) is 1.53. The molecule has 0 aromatic heterocycles. The van der Waals surface area contributed by atoms with Crippen molar-refractivity contribution in [2.75, 3.05) is 25.1 Å². The van der Waals surface area contributed by atoms with Gasteiger partial charge in [-0.2, -0.15) is 13.2 Å². The molecule has 168 valence electrons. The Morgan fingerprint density at radius 2 is 1.81 bits per heavy atom. The Kier molecular flexibility index (Phi) is 6.11. The highest BCUT2D eigenvalue weighted by atomic mass is 19.4. The Morgan fingerprint density at radius 1 is 1.10 bits per heavy atom. The minimum absolute atomic E-state index is 0.248. The van der Waals surface area contributed by atoms with Gasteiger partial charge < -0.3 is 14.7 Å². The van der Waals surface area contributed by atoms with Crippen LogP contribution in [-0.4, -0.2) is 37.1 Å². The summed E-state index contributed by atoms with van der Waals surface area (Å²) < 4.78 is 61.8. The van der Waals surface area contributed by atoms with Gasteiger partial charge in [-0.3, -0.25) is 0 Å². The highest BCUT2D eigenvalue weighted by molar-refractivity contribution is 5.72. The molecule has 0 saturated carbocycles. The summed E-state index contributed by atoms with van der Waals surface area (Å²) in [5.41, 5.74) is -1.54. The zero-order chi connectivity index (χ0) is 23.0. The Hall–Kier alpha value is -2.54. The minimum atomic E-state index is -4.89. The molecule has 1 heterocycles. The van der Waals surface area contributed by atoms with Crippen LogP contribution in [-0.2, 0) is 5.41 Å². The predicted molar refractivity (Wildman–Crippen MR) is 114 cm³/mol. The van der Waals surface area contributed by atoms with Crippen molar-refractivity contribution >= 4 is 11.8 Å². The molecular weight excluding hydrogens is 410 g/mol. The lowest BCUT2D eigenvalue weighted by Crippen LogP contribution is -2.56. The van der Waals surface area contributed by atoms with Crippen LogP contribution in [0.1, 0.15) is 37.0 Å². The lowest BCUT2D eigenvalue weighted by atomic mass is 9.74. The zero-order valence-corrected chi connectivity index (χ0v) is 18.1. The average molecular weight is 437 g/mol. The smallest absolute Gasteiger partial charge is 0.418 e. The van der Waals surface area contributed by atoms with Gasteiger partial charge in [-0.25, -0.2) is 4.39 Å². The number of rotatable bonds is 6. The number of halogens is 4. The first-order chi connectivity index (χ1) is 14.4. The number of fused-ring (bicyclic) bond motifs is 1. The van der Waals surface area contributed by atoms with Gasteiger partial charge in [-0.1, -0.05) is 37.6 Å². The fourth-order valence-electron chi connectivity index (χ4n) is 4.25. The SMILES string of the molecule is COc1ccc(F)cc1C(C)(C)CC(O)(CN1CC=Cc2cc(C)ccc21)C(F)(F)F. The molecule has 0 fully saturated rings. The molecule has 1 aliphatic heterocycles. The van der Waals surface area contributed by atoms with Gasteiger partial charge in [0.2, 0.25) is 0 Å². The van der Waals surface area contributed by atoms with Gasteiger partial charge in [0.05, 0.1) is 13.7 Å². The van der Waals surface area contributed by atoms with Crippen molar-refractivity contribution in [3.05, 3.63) is 65.0 Å². The topological polar surface area (TPSA) is 32.7 Å². The summed E-state index contributed by atoms with van der Waals surface area (Å²) in [6.07, 6.45) is -1.91. The van der Waals surface area contributed by atoms with Crippen LogP contribution < -0.4 is 9.64 Å².